The Kier molecular flexibility index (Phi) is 4.37. The summed E-state index contributed by atoms with van der Waals surface area (Å²) in [7, 11) is 1.70. The first kappa shape index (κ1) is 14.4. The van der Waals surface area contributed by atoms with Crippen LogP contribution in [0.2, 0.25) is 0 Å². The third-order valence-electron chi connectivity index (χ3n) is 5.25. The van der Waals surface area contributed by atoms with Crippen LogP contribution in [-0.4, -0.2) is 13.7 Å². The number of methoxy groups -OCH3 is 1. The molecule has 2 fully saturated rings. The van der Waals surface area contributed by atoms with E-state index < -0.39 is 0 Å². The molecule has 4 atom stereocenters. The topological polar surface area (TPSA) is 21.3 Å². The molecule has 0 radical (unpaired) electrons. The smallest absolute Gasteiger partial charge is 0.133 e. The molecular formula is C17H24BrNO. The lowest BCUT2D eigenvalue weighted by molar-refractivity contribution is 0.309. The molecule has 1 N–H and O–H groups in total. The molecule has 2 aliphatic rings. The fourth-order valence-corrected chi connectivity index (χ4v) is 4.58. The Morgan fingerprint density at radius 3 is 2.80 bits per heavy atom. The first-order valence-corrected chi connectivity index (χ1v) is 8.53. The number of halogens is 1. The van der Waals surface area contributed by atoms with Crippen molar-refractivity contribution in [2.75, 3.05) is 13.7 Å². The van der Waals surface area contributed by atoms with E-state index in [4.69, 9.17) is 4.74 Å². The number of hydrogen-bond donors (Lipinski definition) is 1. The fraction of sp³-hybridized carbons (Fsp3) is 0.647. The van der Waals surface area contributed by atoms with Crippen molar-refractivity contribution in [1.29, 1.82) is 0 Å². The summed E-state index contributed by atoms with van der Waals surface area (Å²) in [6.07, 6.45) is 5.91. The van der Waals surface area contributed by atoms with Gasteiger partial charge in [-0.25, -0.2) is 0 Å². The summed E-state index contributed by atoms with van der Waals surface area (Å²) in [6.45, 7) is 3.42. The summed E-state index contributed by atoms with van der Waals surface area (Å²) >= 11 is 3.57. The zero-order chi connectivity index (χ0) is 14.1. The van der Waals surface area contributed by atoms with Crippen LogP contribution in [0.5, 0.6) is 5.75 Å². The summed E-state index contributed by atoms with van der Waals surface area (Å²) in [4.78, 5) is 0. The minimum Gasteiger partial charge on any atom is -0.496 e. The van der Waals surface area contributed by atoms with Crippen molar-refractivity contribution >= 4 is 15.9 Å². The molecule has 0 heterocycles. The molecule has 110 valence electrons. The van der Waals surface area contributed by atoms with Gasteiger partial charge in [0.15, 0.2) is 0 Å². The van der Waals surface area contributed by atoms with Crippen molar-refractivity contribution in [1.82, 2.24) is 5.32 Å². The lowest BCUT2D eigenvalue weighted by atomic mass is 9.88. The fourth-order valence-electron chi connectivity index (χ4n) is 4.02. The number of fused-ring (bicyclic) bond motifs is 2. The van der Waals surface area contributed by atoms with Gasteiger partial charge < -0.3 is 10.1 Å². The molecule has 3 rings (SSSR count). The largest absolute Gasteiger partial charge is 0.496 e. The number of hydrogen-bond acceptors (Lipinski definition) is 2. The van der Waals surface area contributed by atoms with Crippen LogP contribution in [0.25, 0.3) is 0 Å². The number of benzene rings is 1. The second-order valence-electron chi connectivity index (χ2n) is 6.46. The average molecular weight is 338 g/mol. The highest BCUT2D eigenvalue weighted by molar-refractivity contribution is 9.10. The normalized spacial score (nSPS) is 29.6. The van der Waals surface area contributed by atoms with Crippen LogP contribution in [-0.2, 0) is 0 Å². The molecule has 0 saturated heterocycles. The molecule has 0 aliphatic heterocycles. The predicted octanol–water partition coefficient (Wildman–Crippen LogP) is 4.54. The quantitative estimate of drug-likeness (QED) is 0.851. The first-order chi connectivity index (χ1) is 9.67. The summed E-state index contributed by atoms with van der Waals surface area (Å²) in [5.74, 6) is 3.85. The van der Waals surface area contributed by atoms with Crippen LogP contribution >= 0.6 is 15.9 Å². The van der Waals surface area contributed by atoms with Crippen LogP contribution in [0.4, 0.5) is 0 Å². The van der Waals surface area contributed by atoms with Gasteiger partial charge in [0.05, 0.1) is 11.6 Å². The van der Waals surface area contributed by atoms with Crippen LogP contribution < -0.4 is 10.1 Å². The third-order valence-corrected chi connectivity index (χ3v) is 5.87. The van der Waals surface area contributed by atoms with Crippen LogP contribution in [0.15, 0.2) is 22.7 Å². The Morgan fingerprint density at radius 2 is 2.20 bits per heavy atom. The molecule has 1 aromatic carbocycles. The van der Waals surface area contributed by atoms with Crippen molar-refractivity contribution in [3.63, 3.8) is 0 Å². The van der Waals surface area contributed by atoms with E-state index in [1.54, 1.807) is 7.11 Å². The highest BCUT2D eigenvalue weighted by atomic mass is 79.9. The zero-order valence-corrected chi connectivity index (χ0v) is 13.9. The summed E-state index contributed by atoms with van der Waals surface area (Å²) in [5.41, 5.74) is 1.32. The van der Waals surface area contributed by atoms with E-state index in [0.717, 1.165) is 28.0 Å². The Hall–Kier alpha value is -0.540. The summed E-state index contributed by atoms with van der Waals surface area (Å²) in [6, 6.07) is 6.76. The molecule has 2 nitrogen and oxygen atoms in total. The Labute approximate surface area is 130 Å². The standard InChI is InChI=1S/C17H24BrNO/c1-11(13-5-6-17(20-2)16(18)9-13)19-10-15-8-12-3-4-14(15)7-12/h5-6,9,11-12,14-15,19H,3-4,7-8,10H2,1-2H3. The molecule has 4 unspecified atom stereocenters. The van der Waals surface area contributed by atoms with Crippen molar-refractivity contribution < 1.29 is 4.74 Å². The number of ether oxygens (including phenoxy) is 1. The average Bonchev–Trinajstić information content (AvgIpc) is 3.07. The van der Waals surface area contributed by atoms with E-state index in [-0.39, 0.29) is 0 Å². The molecule has 0 spiro atoms. The van der Waals surface area contributed by atoms with Gasteiger partial charge in [0.1, 0.15) is 5.75 Å². The third kappa shape index (κ3) is 2.89. The number of rotatable bonds is 5. The highest BCUT2D eigenvalue weighted by Gasteiger charge is 2.39. The van der Waals surface area contributed by atoms with E-state index in [1.165, 1.54) is 37.8 Å². The van der Waals surface area contributed by atoms with Crippen molar-refractivity contribution in [2.45, 2.75) is 38.6 Å². The van der Waals surface area contributed by atoms with Gasteiger partial charge in [-0.1, -0.05) is 12.5 Å². The van der Waals surface area contributed by atoms with Gasteiger partial charge in [-0.2, -0.15) is 0 Å². The molecule has 0 aromatic heterocycles. The molecule has 2 aliphatic carbocycles. The van der Waals surface area contributed by atoms with E-state index in [0.29, 0.717) is 6.04 Å². The van der Waals surface area contributed by atoms with E-state index in [9.17, 15) is 0 Å². The van der Waals surface area contributed by atoms with Gasteiger partial charge in [-0.05, 0) is 84.1 Å². The van der Waals surface area contributed by atoms with E-state index in [2.05, 4.69) is 40.3 Å². The summed E-state index contributed by atoms with van der Waals surface area (Å²) in [5, 5.41) is 3.73. The van der Waals surface area contributed by atoms with Gasteiger partial charge in [0.25, 0.3) is 0 Å². The Balaban J connectivity index is 1.56. The zero-order valence-electron chi connectivity index (χ0n) is 12.4. The van der Waals surface area contributed by atoms with Gasteiger partial charge in [-0.15, -0.1) is 0 Å². The van der Waals surface area contributed by atoms with Crippen LogP contribution in [0.1, 0.15) is 44.2 Å². The molecular weight excluding hydrogens is 314 g/mol. The summed E-state index contributed by atoms with van der Waals surface area (Å²) < 4.78 is 6.32. The Morgan fingerprint density at radius 1 is 1.35 bits per heavy atom. The van der Waals surface area contributed by atoms with Gasteiger partial charge >= 0.3 is 0 Å². The first-order valence-electron chi connectivity index (χ1n) is 7.74. The molecule has 3 heteroatoms. The molecule has 2 saturated carbocycles. The molecule has 0 amide bonds. The monoisotopic (exact) mass is 337 g/mol. The van der Waals surface area contributed by atoms with Gasteiger partial charge in [-0.3, -0.25) is 0 Å². The second kappa shape index (κ2) is 6.07. The van der Waals surface area contributed by atoms with Crippen molar-refractivity contribution in [2.24, 2.45) is 17.8 Å². The maximum Gasteiger partial charge on any atom is 0.133 e. The second-order valence-corrected chi connectivity index (χ2v) is 7.31. The van der Waals surface area contributed by atoms with E-state index >= 15 is 0 Å². The van der Waals surface area contributed by atoms with Crippen LogP contribution in [0, 0.1) is 17.8 Å². The molecule has 20 heavy (non-hydrogen) atoms. The Bertz CT molecular complexity index is 476. The lowest BCUT2D eigenvalue weighted by Crippen LogP contribution is -2.28. The van der Waals surface area contributed by atoms with Gasteiger partial charge in [0.2, 0.25) is 0 Å². The minimum absolute atomic E-state index is 0.399. The maximum atomic E-state index is 5.29. The minimum atomic E-state index is 0.399. The lowest BCUT2D eigenvalue weighted by Gasteiger charge is -2.24. The SMILES string of the molecule is COc1ccc(C(C)NCC2CC3CCC2C3)cc1Br. The van der Waals surface area contributed by atoms with E-state index in [1.807, 2.05) is 6.07 Å². The highest BCUT2D eigenvalue weighted by Crippen LogP contribution is 2.48. The van der Waals surface area contributed by atoms with Crippen molar-refractivity contribution in [3.8, 4) is 5.75 Å². The molecule has 1 aromatic rings. The van der Waals surface area contributed by atoms with Gasteiger partial charge in [0, 0.05) is 6.04 Å². The van der Waals surface area contributed by atoms with Crippen molar-refractivity contribution in [3.05, 3.63) is 28.2 Å². The van der Waals surface area contributed by atoms with Crippen LogP contribution in [0.3, 0.4) is 0 Å². The number of nitrogens with one attached hydrogen (secondary N) is 1. The molecule has 2 bridgehead atoms. The predicted molar refractivity (Wildman–Crippen MR) is 86.0 cm³/mol. The maximum absolute atomic E-state index is 5.29.